The number of fused-ring (bicyclic) bond motifs is 2. The molecule has 1 saturated carbocycles. The molecule has 124 valence electrons. The van der Waals surface area contributed by atoms with Crippen LogP contribution in [0.25, 0.3) is 0 Å². The largest absolute Gasteiger partial charge is 0.353 e. The molecule has 0 radical (unpaired) electrons. The van der Waals surface area contributed by atoms with Gasteiger partial charge in [-0.15, -0.1) is 0 Å². The maximum absolute atomic E-state index is 12.6. The Kier molecular flexibility index (Phi) is 4.10. The van der Waals surface area contributed by atoms with Gasteiger partial charge in [-0.1, -0.05) is 36.2 Å². The first-order valence-corrected chi connectivity index (χ1v) is 9.28. The van der Waals surface area contributed by atoms with Crippen LogP contribution in [0.1, 0.15) is 50.0 Å². The summed E-state index contributed by atoms with van der Waals surface area (Å²) in [5, 5.41) is 4.13. The van der Waals surface area contributed by atoms with E-state index in [1.54, 1.807) is 0 Å². The molecular formula is C19H25ClN2O. The Bertz CT molecular complexity index is 591. The van der Waals surface area contributed by atoms with E-state index in [-0.39, 0.29) is 11.8 Å². The summed E-state index contributed by atoms with van der Waals surface area (Å²) >= 11 is 6.26. The number of piperidine rings is 2. The second kappa shape index (κ2) is 6.10. The number of hydrogen-bond acceptors (Lipinski definition) is 2. The van der Waals surface area contributed by atoms with E-state index in [2.05, 4.69) is 23.3 Å². The lowest BCUT2D eigenvalue weighted by atomic mass is 9.82. The average Bonchev–Trinajstić information content (AvgIpc) is 3.29. The van der Waals surface area contributed by atoms with E-state index in [9.17, 15) is 4.79 Å². The number of rotatable bonds is 3. The van der Waals surface area contributed by atoms with Crippen molar-refractivity contribution in [3.05, 3.63) is 34.9 Å². The number of nitrogens with one attached hydrogen (secondary N) is 1. The third-order valence-electron chi connectivity index (χ3n) is 6.12. The Hall–Kier alpha value is -1.06. The van der Waals surface area contributed by atoms with Gasteiger partial charge in [0.1, 0.15) is 0 Å². The zero-order chi connectivity index (χ0) is 16.0. The van der Waals surface area contributed by atoms with Crippen molar-refractivity contribution in [3.63, 3.8) is 0 Å². The molecule has 0 spiro atoms. The standard InChI is InChI=1S/C19H25ClN2O/c1-22-13-5-4-6-14(22)10-12(9-13)21-19(23)17-11-16(17)15-7-2-3-8-18(15)20/h2-3,7-8,12-14,16-17H,4-6,9-11H2,1H3,(H,21,23). The Balaban J connectivity index is 1.36. The summed E-state index contributed by atoms with van der Waals surface area (Å²) in [7, 11) is 2.25. The van der Waals surface area contributed by atoms with Crippen molar-refractivity contribution in [2.45, 2.75) is 62.6 Å². The van der Waals surface area contributed by atoms with Gasteiger partial charge in [0.2, 0.25) is 5.91 Å². The average molecular weight is 333 g/mol. The summed E-state index contributed by atoms with van der Waals surface area (Å²) < 4.78 is 0. The molecule has 1 aromatic rings. The zero-order valence-electron chi connectivity index (χ0n) is 13.7. The van der Waals surface area contributed by atoms with E-state index >= 15 is 0 Å². The van der Waals surface area contributed by atoms with Crippen LogP contribution in [-0.4, -0.2) is 36.0 Å². The Morgan fingerprint density at radius 3 is 2.57 bits per heavy atom. The van der Waals surface area contributed by atoms with Gasteiger partial charge in [-0.05, 0) is 56.7 Å². The molecule has 3 aliphatic rings. The molecule has 1 N–H and O–H groups in total. The topological polar surface area (TPSA) is 32.3 Å². The highest BCUT2D eigenvalue weighted by atomic mass is 35.5. The number of benzene rings is 1. The molecule has 2 bridgehead atoms. The molecule has 3 nitrogen and oxygen atoms in total. The quantitative estimate of drug-likeness (QED) is 0.917. The highest BCUT2D eigenvalue weighted by molar-refractivity contribution is 6.31. The molecule has 0 aromatic heterocycles. The second-order valence-electron chi connectivity index (χ2n) is 7.55. The highest BCUT2D eigenvalue weighted by Gasteiger charge is 2.46. The summed E-state index contributed by atoms with van der Waals surface area (Å²) in [6.07, 6.45) is 7.08. The lowest BCUT2D eigenvalue weighted by Gasteiger charge is -2.47. The van der Waals surface area contributed by atoms with Crippen LogP contribution in [0.5, 0.6) is 0 Å². The minimum Gasteiger partial charge on any atom is -0.353 e. The van der Waals surface area contributed by atoms with Crippen LogP contribution in [-0.2, 0) is 4.79 Å². The minimum absolute atomic E-state index is 0.120. The number of nitrogens with zero attached hydrogens (tertiary/aromatic N) is 1. The number of carbonyl (C=O) groups excluding carboxylic acids is 1. The van der Waals surface area contributed by atoms with Crippen LogP contribution in [0.3, 0.4) is 0 Å². The van der Waals surface area contributed by atoms with Gasteiger partial charge in [0.05, 0.1) is 0 Å². The summed E-state index contributed by atoms with van der Waals surface area (Å²) in [6.45, 7) is 0. The number of amides is 1. The monoisotopic (exact) mass is 332 g/mol. The van der Waals surface area contributed by atoms with Crippen LogP contribution in [0.15, 0.2) is 24.3 Å². The molecule has 3 fully saturated rings. The van der Waals surface area contributed by atoms with Gasteiger partial charge in [0.15, 0.2) is 0 Å². The van der Waals surface area contributed by atoms with Crippen LogP contribution >= 0.6 is 11.6 Å². The van der Waals surface area contributed by atoms with Gasteiger partial charge in [-0.2, -0.15) is 0 Å². The summed E-state index contributed by atoms with van der Waals surface area (Å²) in [5.41, 5.74) is 1.13. The van der Waals surface area contributed by atoms with Gasteiger partial charge in [-0.25, -0.2) is 0 Å². The van der Waals surface area contributed by atoms with Gasteiger partial charge >= 0.3 is 0 Å². The van der Waals surface area contributed by atoms with E-state index in [0.29, 0.717) is 24.0 Å². The predicted octanol–water partition coefficient (Wildman–Crippen LogP) is 3.58. The first-order chi connectivity index (χ1) is 11.1. The van der Waals surface area contributed by atoms with Gasteiger partial charge in [0.25, 0.3) is 0 Å². The molecule has 4 rings (SSSR count). The first-order valence-electron chi connectivity index (χ1n) is 8.90. The van der Waals surface area contributed by atoms with Crippen molar-refractivity contribution in [1.29, 1.82) is 0 Å². The number of hydrogen-bond donors (Lipinski definition) is 1. The molecule has 2 saturated heterocycles. The summed E-state index contributed by atoms with van der Waals surface area (Å²) in [5.74, 6) is 0.673. The lowest BCUT2D eigenvalue weighted by molar-refractivity contribution is -0.123. The molecule has 1 amide bonds. The normalized spacial score (nSPS) is 36.5. The third kappa shape index (κ3) is 3.01. The Morgan fingerprint density at radius 2 is 1.87 bits per heavy atom. The van der Waals surface area contributed by atoms with Gasteiger partial charge < -0.3 is 10.2 Å². The van der Waals surface area contributed by atoms with E-state index in [1.807, 2.05) is 18.2 Å². The maximum atomic E-state index is 12.6. The molecule has 4 atom stereocenters. The fourth-order valence-corrected chi connectivity index (χ4v) is 4.92. The van der Waals surface area contributed by atoms with E-state index in [4.69, 9.17) is 11.6 Å². The van der Waals surface area contributed by atoms with Crippen LogP contribution in [0, 0.1) is 5.92 Å². The summed E-state index contributed by atoms with van der Waals surface area (Å²) in [6, 6.07) is 9.61. The van der Waals surface area contributed by atoms with Gasteiger partial charge in [-0.3, -0.25) is 4.79 Å². The van der Waals surface area contributed by atoms with Crippen LogP contribution < -0.4 is 5.32 Å². The van der Waals surface area contributed by atoms with Gasteiger partial charge in [0, 0.05) is 29.1 Å². The molecule has 4 unspecified atom stereocenters. The molecule has 1 aromatic carbocycles. The van der Waals surface area contributed by atoms with E-state index in [0.717, 1.165) is 29.8 Å². The molecule has 4 heteroatoms. The fraction of sp³-hybridized carbons (Fsp3) is 0.632. The highest BCUT2D eigenvalue weighted by Crippen LogP contribution is 2.49. The molecular weight excluding hydrogens is 308 g/mol. The smallest absolute Gasteiger partial charge is 0.223 e. The van der Waals surface area contributed by atoms with Crippen molar-refractivity contribution in [3.8, 4) is 0 Å². The van der Waals surface area contributed by atoms with Crippen molar-refractivity contribution in [2.75, 3.05) is 7.05 Å². The van der Waals surface area contributed by atoms with Crippen molar-refractivity contribution < 1.29 is 4.79 Å². The lowest BCUT2D eigenvalue weighted by Crippen LogP contribution is -2.55. The molecule has 23 heavy (non-hydrogen) atoms. The van der Waals surface area contributed by atoms with E-state index in [1.165, 1.54) is 19.3 Å². The van der Waals surface area contributed by atoms with Crippen LogP contribution in [0.2, 0.25) is 5.02 Å². The second-order valence-corrected chi connectivity index (χ2v) is 7.96. The fourth-order valence-electron chi connectivity index (χ4n) is 4.65. The molecule has 1 aliphatic carbocycles. The number of halogens is 1. The minimum atomic E-state index is 0.120. The molecule has 2 heterocycles. The number of carbonyl (C=O) groups is 1. The SMILES string of the molecule is CN1C2CCCC1CC(NC(=O)C1CC1c1ccccc1Cl)C2. The Morgan fingerprint density at radius 1 is 1.17 bits per heavy atom. The van der Waals surface area contributed by atoms with Crippen LogP contribution in [0.4, 0.5) is 0 Å². The maximum Gasteiger partial charge on any atom is 0.223 e. The van der Waals surface area contributed by atoms with Crippen molar-refractivity contribution >= 4 is 17.5 Å². The van der Waals surface area contributed by atoms with E-state index < -0.39 is 0 Å². The zero-order valence-corrected chi connectivity index (χ0v) is 14.4. The van der Waals surface area contributed by atoms with Crippen molar-refractivity contribution in [2.24, 2.45) is 5.92 Å². The molecule has 2 aliphatic heterocycles. The van der Waals surface area contributed by atoms with Crippen molar-refractivity contribution in [1.82, 2.24) is 10.2 Å². The summed E-state index contributed by atoms with van der Waals surface area (Å²) in [4.78, 5) is 15.1. The Labute approximate surface area is 143 Å². The predicted molar refractivity (Wildman–Crippen MR) is 92.7 cm³/mol. The third-order valence-corrected chi connectivity index (χ3v) is 6.46. The first kappa shape index (κ1) is 15.5.